The van der Waals surface area contributed by atoms with Gasteiger partial charge in [-0.1, -0.05) is 11.6 Å². The van der Waals surface area contributed by atoms with Crippen molar-refractivity contribution in [1.29, 1.82) is 0 Å². The van der Waals surface area contributed by atoms with Gasteiger partial charge in [0.1, 0.15) is 0 Å². The highest BCUT2D eigenvalue weighted by atomic mass is 35.5. The van der Waals surface area contributed by atoms with Crippen LogP contribution in [0.4, 0.5) is 13.2 Å². The molecule has 4 nitrogen and oxygen atoms in total. The second-order valence-corrected chi connectivity index (χ2v) is 4.66. The molecule has 2 aromatic rings. The van der Waals surface area contributed by atoms with Crippen LogP contribution >= 0.6 is 11.6 Å². The largest absolute Gasteiger partial charge is 0.468 e. The predicted molar refractivity (Wildman–Crippen MR) is 66.9 cm³/mol. The molecule has 2 rings (SSSR count). The highest BCUT2D eigenvalue weighted by Crippen LogP contribution is 2.20. The molecule has 0 radical (unpaired) electrons. The van der Waals surface area contributed by atoms with Gasteiger partial charge in [0.15, 0.2) is 6.61 Å². The molecule has 0 aliphatic heterocycles. The quantitative estimate of drug-likeness (QED) is 0.870. The molecule has 0 bridgehead atoms. The summed E-state index contributed by atoms with van der Waals surface area (Å²) in [6, 6.07) is 1.70. The van der Waals surface area contributed by atoms with Gasteiger partial charge in [0, 0.05) is 18.0 Å². The van der Waals surface area contributed by atoms with Gasteiger partial charge in [-0.2, -0.15) is 18.3 Å². The first kappa shape index (κ1) is 14.6. The van der Waals surface area contributed by atoms with E-state index in [0.29, 0.717) is 17.1 Å². The third kappa shape index (κ3) is 4.12. The van der Waals surface area contributed by atoms with Crippen LogP contribution in [0.3, 0.4) is 0 Å². The van der Waals surface area contributed by atoms with Gasteiger partial charge >= 0.3 is 6.18 Å². The Balaban J connectivity index is 2.05. The van der Waals surface area contributed by atoms with E-state index in [1.165, 1.54) is 12.4 Å². The lowest BCUT2D eigenvalue weighted by molar-refractivity contribution is -0.154. The van der Waals surface area contributed by atoms with E-state index in [9.17, 15) is 13.2 Å². The minimum absolute atomic E-state index is 0.0235. The number of hydrogen-bond donors (Lipinski definition) is 0. The third-order valence-corrected chi connectivity index (χ3v) is 2.60. The molecular weight excluding hydrogens is 295 g/mol. The van der Waals surface area contributed by atoms with Crippen molar-refractivity contribution in [2.24, 2.45) is 0 Å². The van der Waals surface area contributed by atoms with E-state index in [1.54, 1.807) is 23.9 Å². The SMILES string of the molecule is Cc1cc(Cn2cc(Cl)cn2)cnc1OCC(F)(F)F. The molecule has 2 aromatic heterocycles. The molecule has 0 aromatic carbocycles. The summed E-state index contributed by atoms with van der Waals surface area (Å²) in [6.45, 7) is 0.716. The van der Waals surface area contributed by atoms with Crippen LogP contribution in [0.5, 0.6) is 5.88 Å². The van der Waals surface area contributed by atoms with Crippen molar-refractivity contribution < 1.29 is 17.9 Å². The summed E-state index contributed by atoms with van der Waals surface area (Å²) in [5, 5.41) is 4.52. The third-order valence-electron chi connectivity index (χ3n) is 2.41. The molecule has 0 atom stereocenters. The van der Waals surface area contributed by atoms with E-state index in [4.69, 9.17) is 11.6 Å². The number of aryl methyl sites for hydroxylation is 1. The zero-order valence-electron chi connectivity index (χ0n) is 10.5. The summed E-state index contributed by atoms with van der Waals surface area (Å²) in [5.74, 6) is -0.0235. The lowest BCUT2D eigenvalue weighted by Crippen LogP contribution is -2.20. The van der Waals surface area contributed by atoms with Crippen LogP contribution < -0.4 is 4.74 Å². The topological polar surface area (TPSA) is 39.9 Å². The van der Waals surface area contributed by atoms with Crippen molar-refractivity contribution in [2.45, 2.75) is 19.6 Å². The minimum atomic E-state index is -4.38. The predicted octanol–water partition coefficient (Wildman–Crippen LogP) is 3.23. The van der Waals surface area contributed by atoms with E-state index in [1.807, 2.05) is 0 Å². The van der Waals surface area contributed by atoms with E-state index in [0.717, 1.165) is 5.56 Å². The van der Waals surface area contributed by atoms with Crippen molar-refractivity contribution in [3.05, 3.63) is 40.8 Å². The lowest BCUT2D eigenvalue weighted by atomic mass is 10.2. The number of aromatic nitrogens is 3. The fraction of sp³-hybridized carbons (Fsp3) is 0.333. The maximum Gasteiger partial charge on any atom is 0.422 e. The number of rotatable bonds is 4. The van der Waals surface area contributed by atoms with Gasteiger partial charge in [-0.05, 0) is 18.6 Å². The summed E-state index contributed by atoms with van der Waals surface area (Å²) >= 11 is 5.74. The Morgan fingerprint density at radius 2 is 2.10 bits per heavy atom. The van der Waals surface area contributed by atoms with Gasteiger partial charge in [0.25, 0.3) is 0 Å². The average molecular weight is 306 g/mol. The van der Waals surface area contributed by atoms with E-state index in [-0.39, 0.29) is 5.88 Å². The maximum absolute atomic E-state index is 12.1. The van der Waals surface area contributed by atoms with Gasteiger partial charge in [-0.25, -0.2) is 4.98 Å². The molecule has 0 amide bonds. The lowest BCUT2D eigenvalue weighted by Gasteiger charge is -2.11. The van der Waals surface area contributed by atoms with E-state index in [2.05, 4.69) is 14.8 Å². The molecule has 108 valence electrons. The van der Waals surface area contributed by atoms with Crippen LogP contribution in [0.15, 0.2) is 24.7 Å². The molecule has 2 heterocycles. The monoisotopic (exact) mass is 305 g/mol. The summed E-state index contributed by atoms with van der Waals surface area (Å²) in [6.07, 6.45) is 0.223. The fourth-order valence-electron chi connectivity index (χ4n) is 1.62. The highest BCUT2D eigenvalue weighted by Gasteiger charge is 2.28. The number of hydrogen-bond acceptors (Lipinski definition) is 3. The molecule has 0 fully saturated rings. The summed E-state index contributed by atoms with van der Waals surface area (Å²) < 4.78 is 42.4. The first-order chi connectivity index (χ1) is 9.33. The zero-order chi connectivity index (χ0) is 14.8. The number of nitrogens with zero attached hydrogens (tertiary/aromatic N) is 3. The number of ether oxygens (including phenoxy) is 1. The maximum atomic E-state index is 12.1. The number of alkyl halides is 3. The summed E-state index contributed by atoms with van der Waals surface area (Å²) in [5.41, 5.74) is 1.33. The van der Waals surface area contributed by atoms with Gasteiger partial charge in [-0.15, -0.1) is 0 Å². The van der Waals surface area contributed by atoms with Crippen LogP contribution in [0.25, 0.3) is 0 Å². The van der Waals surface area contributed by atoms with E-state index >= 15 is 0 Å². The Kier molecular flexibility index (Phi) is 4.17. The minimum Gasteiger partial charge on any atom is -0.468 e. The second kappa shape index (κ2) is 5.70. The Labute approximate surface area is 118 Å². The Bertz CT molecular complexity index is 598. The fourth-order valence-corrected chi connectivity index (χ4v) is 1.78. The smallest absolute Gasteiger partial charge is 0.422 e. The Hall–Kier alpha value is -1.76. The molecule has 0 saturated heterocycles. The Morgan fingerprint density at radius 3 is 2.65 bits per heavy atom. The first-order valence-corrected chi connectivity index (χ1v) is 6.04. The molecule has 0 N–H and O–H groups in total. The van der Waals surface area contributed by atoms with Gasteiger partial charge in [-0.3, -0.25) is 4.68 Å². The molecule has 8 heteroatoms. The van der Waals surface area contributed by atoms with Gasteiger partial charge in [0.05, 0.1) is 17.8 Å². The van der Waals surface area contributed by atoms with Crippen molar-refractivity contribution in [2.75, 3.05) is 6.61 Å². The van der Waals surface area contributed by atoms with Gasteiger partial charge < -0.3 is 4.74 Å². The summed E-state index contributed by atoms with van der Waals surface area (Å²) in [7, 11) is 0. The van der Waals surface area contributed by atoms with Crippen LogP contribution in [0.2, 0.25) is 5.02 Å². The molecule has 0 unspecified atom stereocenters. The molecule has 0 aliphatic rings. The molecule has 20 heavy (non-hydrogen) atoms. The first-order valence-electron chi connectivity index (χ1n) is 5.66. The van der Waals surface area contributed by atoms with Crippen LogP contribution in [0.1, 0.15) is 11.1 Å². The van der Waals surface area contributed by atoms with E-state index < -0.39 is 12.8 Å². The normalized spacial score (nSPS) is 11.7. The highest BCUT2D eigenvalue weighted by molar-refractivity contribution is 6.30. The average Bonchev–Trinajstić information content (AvgIpc) is 2.72. The van der Waals surface area contributed by atoms with Crippen molar-refractivity contribution in [3.63, 3.8) is 0 Å². The molecule has 0 spiro atoms. The number of pyridine rings is 1. The Morgan fingerprint density at radius 1 is 1.35 bits per heavy atom. The summed E-state index contributed by atoms with van der Waals surface area (Å²) in [4.78, 5) is 3.89. The number of halogens is 4. The standard InChI is InChI=1S/C12H11ClF3N3O/c1-8-2-9(5-19-6-10(13)4-18-19)3-17-11(8)20-7-12(14,15)16/h2-4,6H,5,7H2,1H3. The zero-order valence-corrected chi connectivity index (χ0v) is 11.2. The van der Waals surface area contributed by atoms with Crippen molar-refractivity contribution in [3.8, 4) is 5.88 Å². The molecule has 0 saturated carbocycles. The van der Waals surface area contributed by atoms with Crippen molar-refractivity contribution in [1.82, 2.24) is 14.8 Å². The van der Waals surface area contributed by atoms with Crippen LogP contribution in [-0.2, 0) is 6.54 Å². The van der Waals surface area contributed by atoms with Crippen LogP contribution in [0, 0.1) is 6.92 Å². The van der Waals surface area contributed by atoms with Crippen molar-refractivity contribution >= 4 is 11.6 Å². The molecular formula is C12H11ClF3N3O. The van der Waals surface area contributed by atoms with Gasteiger partial charge in [0.2, 0.25) is 5.88 Å². The second-order valence-electron chi connectivity index (χ2n) is 4.23. The van der Waals surface area contributed by atoms with Crippen LogP contribution in [-0.4, -0.2) is 27.5 Å². The molecule has 0 aliphatic carbocycles.